The first kappa shape index (κ1) is 20.1. The van der Waals surface area contributed by atoms with Gasteiger partial charge in [0.25, 0.3) is 0 Å². The van der Waals surface area contributed by atoms with Gasteiger partial charge >= 0.3 is 0 Å². The van der Waals surface area contributed by atoms with Crippen LogP contribution in [-0.4, -0.2) is 55.6 Å². The van der Waals surface area contributed by atoms with Crippen molar-refractivity contribution in [1.29, 1.82) is 0 Å². The van der Waals surface area contributed by atoms with E-state index in [-0.39, 0.29) is 17.9 Å². The molecule has 1 aliphatic rings. The van der Waals surface area contributed by atoms with Gasteiger partial charge in [-0.15, -0.1) is 0 Å². The average Bonchev–Trinajstić information content (AvgIpc) is 3.10. The van der Waals surface area contributed by atoms with Gasteiger partial charge in [0.2, 0.25) is 5.91 Å². The molecule has 0 spiro atoms. The van der Waals surface area contributed by atoms with Gasteiger partial charge in [-0.1, -0.05) is 32.0 Å². The predicted octanol–water partition coefficient (Wildman–Crippen LogP) is 2.27. The van der Waals surface area contributed by atoms with Crippen molar-refractivity contribution < 1.29 is 9.53 Å². The summed E-state index contributed by atoms with van der Waals surface area (Å²) >= 11 is 0. The van der Waals surface area contributed by atoms with Crippen molar-refractivity contribution in [1.82, 2.24) is 15.5 Å². The van der Waals surface area contributed by atoms with E-state index in [9.17, 15) is 4.79 Å². The van der Waals surface area contributed by atoms with Crippen LogP contribution in [-0.2, 0) is 4.79 Å². The van der Waals surface area contributed by atoms with E-state index < -0.39 is 0 Å². The summed E-state index contributed by atoms with van der Waals surface area (Å²) in [7, 11) is 0. The highest BCUT2D eigenvalue weighted by Gasteiger charge is 2.27. The Labute approximate surface area is 157 Å². The molecule has 1 fully saturated rings. The first-order valence-electron chi connectivity index (χ1n) is 9.61. The van der Waals surface area contributed by atoms with Crippen molar-refractivity contribution in [2.75, 3.05) is 32.8 Å². The molecule has 1 atom stereocenters. The van der Waals surface area contributed by atoms with Crippen molar-refractivity contribution in [2.45, 2.75) is 39.7 Å². The maximum Gasteiger partial charge on any atom is 0.225 e. The van der Waals surface area contributed by atoms with Gasteiger partial charge < -0.3 is 20.3 Å². The lowest BCUT2D eigenvalue weighted by Gasteiger charge is -2.20. The number of hydrogen-bond acceptors (Lipinski definition) is 3. The minimum atomic E-state index is 0.0558. The maximum atomic E-state index is 12.1. The zero-order chi connectivity index (χ0) is 18.8. The molecule has 1 aliphatic heterocycles. The second-order valence-corrected chi connectivity index (χ2v) is 6.84. The Morgan fingerprint density at radius 3 is 2.81 bits per heavy atom. The molecule has 1 aromatic carbocycles. The summed E-state index contributed by atoms with van der Waals surface area (Å²) in [5, 5.41) is 6.73. The number of ether oxygens (including phenoxy) is 1. The van der Waals surface area contributed by atoms with Gasteiger partial charge in [-0.25, -0.2) is 0 Å². The summed E-state index contributed by atoms with van der Waals surface area (Å²) in [5.41, 5.74) is 0. The second kappa shape index (κ2) is 10.7. The molecular weight excluding hydrogens is 328 g/mol. The van der Waals surface area contributed by atoms with Gasteiger partial charge in [0.15, 0.2) is 5.96 Å². The van der Waals surface area contributed by atoms with Crippen molar-refractivity contribution in [3.05, 3.63) is 30.3 Å². The molecular formula is C20H32N4O2. The molecule has 6 nitrogen and oxygen atoms in total. The molecule has 0 aliphatic carbocycles. The Kier molecular flexibility index (Phi) is 8.25. The fourth-order valence-corrected chi connectivity index (χ4v) is 2.92. The first-order chi connectivity index (χ1) is 12.6. The molecule has 1 saturated heterocycles. The third-order valence-electron chi connectivity index (χ3n) is 4.26. The van der Waals surface area contributed by atoms with Crippen LogP contribution >= 0.6 is 0 Å². The van der Waals surface area contributed by atoms with Gasteiger partial charge in [0.05, 0.1) is 6.61 Å². The highest BCUT2D eigenvalue weighted by molar-refractivity contribution is 5.81. The molecule has 144 valence electrons. The number of amides is 1. The van der Waals surface area contributed by atoms with E-state index >= 15 is 0 Å². The Balaban J connectivity index is 1.73. The summed E-state index contributed by atoms with van der Waals surface area (Å²) in [6.07, 6.45) is 1.81. The highest BCUT2D eigenvalue weighted by atomic mass is 16.5. The van der Waals surface area contributed by atoms with Crippen LogP contribution < -0.4 is 15.4 Å². The minimum Gasteiger partial charge on any atom is -0.494 e. The molecule has 0 radical (unpaired) electrons. The third-order valence-corrected chi connectivity index (χ3v) is 4.26. The number of nitrogens with one attached hydrogen (secondary N) is 2. The molecule has 1 amide bonds. The van der Waals surface area contributed by atoms with Crippen molar-refractivity contribution in [2.24, 2.45) is 10.9 Å². The fourth-order valence-electron chi connectivity index (χ4n) is 2.92. The summed E-state index contributed by atoms with van der Waals surface area (Å²) < 4.78 is 5.69. The lowest BCUT2D eigenvalue weighted by molar-refractivity contribution is -0.133. The van der Waals surface area contributed by atoms with Crippen LogP contribution in [0.4, 0.5) is 0 Å². The number of guanidine groups is 1. The minimum absolute atomic E-state index is 0.0558. The van der Waals surface area contributed by atoms with Crippen LogP contribution in [0.3, 0.4) is 0 Å². The number of para-hydroxylation sites is 1. The number of aliphatic imine (C=N–C) groups is 1. The van der Waals surface area contributed by atoms with Crippen LogP contribution in [0, 0.1) is 5.92 Å². The molecule has 2 N–H and O–H groups in total. The topological polar surface area (TPSA) is 66.0 Å². The fraction of sp³-hybridized carbons (Fsp3) is 0.600. The number of nitrogens with zero attached hydrogens (tertiary/aromatic N) is 2. The summed E-state index contributed by atoms with van der Waals surface area (Å²) in [6, 6.07) is 10.1. The quantitative estimate of drug-likeness (QED) is 0.424. The van der Waals surface area contributed by atoms with Crippen LogP contribution in [0.1, 0.15) is 33.6 Å². The molecule has 1 aromatic rings. The molecule has 0 saturated carbocycles. The molecule has 6 heteroatoms. The summed E-state index contributed by atoms with van der Waals surface area (Å²) in [4.78, 5) is 18.7. The standard InChI is InChI=1S/C20H32N4O2/c1-4-21-20(22-12-8-14-26-18-9-6-5-7-10-18)23-17-11-13-24(15-17)19(25)16(2)3/h5-7,9-10,16-17H,4,8,11-15H2,1-3H3,(H2,21,22,23). The number of hydrogen-bond donors (Lipinski definition) is 2. The van der Waals surface area contributed by atoms with E-state index in [1.165, 1.54) is 0 Å². The van der Waals surface area contributed by atoms with Crippen molar-refractivity contribution in [3.63, 3.8) is 0 Å². The number of rotatable bonds is 8. The Morgan fingerprint density at radius 1 is 1.35 bits per heavy atom. The zero-order valence-electron chi connectivity index (χ0n) is 16.2. The van der Waals surface area contributed by atoms with Gasteiger partial charge in [0.1, 0.15) is 5.75 Å². The lowest BCUT2D eigenvalue weighted by atomic mass is 10.2. The zero-order valence-corrected chi connectivity index (χ0v) is 16.2. The van der Waals surface area contributed by atoms with Crippen LogP contribution in [0.25, 0.3) is 0 Å². The van der Waals surface area contributed by atoms with Crippen LogP contribution in [0.5, 0.6) is 5.75 Å². The first-order valence-corrected chi connectivity index (χ1v) is 9.61. The molecule has 1 heterocycles. The van der Waals surface area contributed by atoms with E-state index in [0.717, 1.165) is 44.2 Å². The van der Waals surface area contributed by atoms with Gasteiger partial charge in [-0.05, 0) is 25.5 Å². The number of carbonyl (C=O) groups is 1. The normalized spacial score (nSPS) is 17.5. The van der Waals surface area contributed by atoms with Crippen molar-refractivity contribution >= 4 is 11.9 Å². The second-order valence-electron chi connectivity index (χ2n) is 6.84. The number of benzene rings is 1. The maximum absolute atomic E-state index is 12.1. The van der Waals surface area contributed by atoms with Crippen molar-refractivity contribution in [3.8, 4) is 5.75 Å². The molecule has 2 rings (SSSR count). The van der Waals surface area contributed by atoms with Crippen LogP contribution in [0.2, 0.25) is 0 Å². The SMILES string of the molecule is CCNC(=NCCCOc1ccccc1)NC1CCN(C(=O)C(C)C)C1. The molecule has 0 bridgehead atoms. The van der Waals surface area contributed by atoms with E-state index in [1.807, 2.05) is 49.1 Å². The van der Waals surface area contributed by atoms with Crippen LogP contribution in [0.15, 0.2) is 35.3 Å². The number of likely N-dealkylation sites (tertiary alicyclic amines) is 1. The van der Waals surface area contributed by atoms with E-state index in [1.54, 1.807) is 0 Å². The predicted molar refractivity (Wildman–Crippen MR) is 105 cm³/mol. The highest BCUT2D eigenvalue weighted by Crippen LogP contribution is 2.12. The summed E-state index contributed by atoms with van der Waals surface area (Å²) in [5.74, 6) is 1.99. The number of carbonyl (C=O) groups excluding carboxylic acids is 1. The Morgan fingerprint density at radius 2 is 2.12 bits per heavy atom. The monoisotopic (exact) mass is 360 g/mol. The molecule has 1 unspecified atom stereocenters. The average molecular weight is 361 g/mol. The van der Waals surface area contributed by atoms with E-state index in [4.69, 9.17) is 4.74 Å². The van der Waals surface area contributed by atoms with E-state index in [0.29, 0.717) is 13.2 Å². The third kappa shape index (κ3) is 6.58. The molecule has 26 heavy (non-hydrogen) atoms. The Hall–Kier alpha value is -2.24. The van der Waals surface area contributed by atoms with Gasteiger partial charge in [-0.3, -0.25) is 9.79 Å². The molecule has 0 aromatic heterocycles. The smallest absolute Gasteiger partial charge is 0.225 e. The Bertz CT molecular complexity index is 574. The van der Waals surface area contributed by atoms with Gasteiger partial charge in [0, 0.05) is 44.6 Å². The summed E-state index contributed by atoms with van der Waals surface area (Å²) in [6.45, 7) is 9.68. The lowest BCUT2D eigenvalue weighted by Crippen LogP contribution is -2.45. The van der Waals surface area contributed by atoms with E-state index in [2.05, 4.69) is 22.5 Å². The van der Waals surface area contributed by atoms with Gasteiger partial charge in [-0.2, -0.15) is 0 Å². The largest absolute Gasteiger partial charge is 0.494 e.